The molecule has 2 rings (SSSR count). The van der Waals surface area contributed by atoms with Crippen molar-refractivity contribution < 1.29 is 0 Å². The minimum absolute atomic E-state index is 0.331. The molecule has 2 aromatic heterocycles. The van der Waals surface area contributed by atoms with Crippen LogP contribution in [-0.4, -0.2) is 20.2 Å². The first-order chi connectivity index (χ1) is 8.97. The Morgan fingerprint density at radius 1 is 1.21 bits per heavy atom. The van der Waals surface area contributed by atoms with Crippen molar-refractivity contribution in [2.45, 2.75) is 47.1 Å². The van der Waals surface area contributed by atoms with Crippen LogP contribution >= 0.6 is 0 Å². The van der Waals surface area contributed by atoms with E-state index in [0.29, 0.717) is 5.92 Å². The van der Waals surface area contributed by atoms with Gasteiger partial charge in [-0.15, -0.1) is 0 Å². The molecule has 0 amide bonds. The van der Waals surface area contributed by atoms with Gasteiger partial charge >= 0.3 is 0 Å². The molecule has 19 heavy (non-hydrogen) atoms. The lowest BCUT2D eigenvalue weighted by Crippen LogP contribution is -2.07. The highest BCUT2D eigenvalue weighted by molar-refractivity contribution is 5.38. The molecule has 0 unspecified atom stereocenters. The summed E-state index contributed by atoms with van der Waals surface area (Å²) in [5.41, 5.74) is 4.31. The van der Waals surface area contributed by atoms with E-state index in [4.69, 9.17) is 0 Å². The van der Waals surface area contributed by atoms with E-state index in [2.05, 4.69) is 39.3 Å². The van der Waals surface area contributed by atoms with Gasteiger partial charge in [0.1, 0.15) is 11.6 Å². The van der Waals surface area contributed by atoms with Crippen LogP contribution in [0.4, 0.5) is 5.82 Å². The zero-order valence-electron chi connectivity index (χ0n) is 12.2. The fourth-order valence-corrected chi connectivity index (χ4v) is 1.95. The summed E-state index contributed by atoms with van der Waals surface area (Å²) < 4.78 is 0. The fourth-order valence-electron chi connectivity index (χ4n) is 1.95. The zero-order chi connectivity index (χ0) is 14.0. The second-order valence-corrected chi connectivity index (χ2v) is 5.17. The van der Waals surface area contributed by atoms with E-state index in [0.717, 1.165) is 35.3 Å². The SMILES string of the molecule is Cc1cc(NCc2c(C)n[nH]c2C)nc(C(C)C)n1. The molecule has 5 nitrogen and oxygen atoms in total. The van der Waals surface area contributed by atoms with E-state index in [-0.39, 0.29) is 0 Å². The van der Waals surface area contributed by atoms with Gasteiger partial charge in [0, 0.05) is 35.5 Å². The Balaban J connectivity index is 2.16. The highest BCUT2D eigenvalue weighted by Crippen LogP contribution is 2.16. The van der Waals surface area contributed by atoms with Crippen molar-refractivity contribution in [1.82, 2.24) is 20.2 Å². The van der Waals surface area contributed by atoms with Crippen LogP contribution in [-0.2, 0) is 6.54 Å². The lowest BCUT2D eigenvalue weighted by molar-refractivity contribution is 0.766. The maximum Gasteiger partial charge on any atom is 0.133 e. The maximum absolute atomic E-state index is 4.54. The topological polar surface area (TPSA) is 66.5 Å². The number of hydrogen-bond acceptors (Lipinski definition) is 4. The standard InChI is InChI=1S/C14H21N5/c1-8(2)14-16-9(3)6-13(17-14)15-7-12-10(4)18-19-11(12)5/h6,8H,7H2,1-5H3,(H,18,19)(H,15,16,17). The highest BCUT2D eigenvalue weighted by atomic mass is 15.1. The van der Waals surface area contributed by atoms with Gasteiger partial charge in [-0.25, -0.2) is 9.97 Å². The van der Waals surface area contributed by atoms with E-state index in [1.807, 2.05) is 26.8 Å². The molecule has 5 heteroatoms. The van der Waals surface area contributed by atoms with Crippen molar-refractivity contribution in [3.05, 3.63) is 34.5 Å². The zero-order valence-corrected chi connectivity index (χ0v) is 12.2. The molecule has 2 N–H and O–H groups in total. The minimum Gasteiger partial charge on any atom is -0.366 e. The molecule has 0 aliphatic rings. The number of rotatable bonds is 4. The number of nitrogens with one attached hydrogen (secondary N) is 2. The lowest BCUT2D eigenvalue weighted by atomic mass is 10.2. The lowest BCUT2D eigenvalue weighted by Gasteiger charge is -2.10. The third-order valence-electron chi connectivity index (χ3n) is 3.11. The Hall–Kier alpha value is -1.91. The Morgan fingerprint density at radius 2 is 1.95 bits per heavy atom. The van der Waals surface area contributed by atoms with Crippen molar-refractivity contribution in [2.75, 3.05) is 5.32 Å². The largest absolute Gasteiger partial charge is 0.366 e. The van der Waals surface area contributed by atoms with Gasteiger partial charge in [0.25, 0.3) is 0 Å². The Labute approximate surface area is 113 Å². The Morgan fingerprint density at radius 3 is 2.53 bits per heavy atom. The van der Waals surface area contributed by atoms with Crippen LogP contribution in [0.25, 0.3) is 0 Å². The third kappa shape index (κ3) is 3.10. The summed E-state index contributed by atoms with van der Waals surface area (Å²) >= 11 is 0. The molecule has 0 radical (unpaired) electrons. The van der Waals surface area contributed by atoms with Gasteiger partial charge in [0.15, 0.2) is 0 Å². The maximum atomic E-state index is 4.54. The van der Waals surface area contributed by atoms with Crippen molar-refractivity contribution in [2.24, 2.45) is 0 Å². The highest BCUT2D eigenvalue weighted by Gasteiger charge is 2.08. The molecule has 0 aliphatic heterocycles. The molecule has 0 spiro atoms. The van der Waals surface area contributed by atoms with E-state index >= 15 is 0 Å². The summed E-state index contributed by atoms with van der Waals surface area (Å²) in [7, 11) is 0. The number of nitrogens with zero attached hydrogens (tertiary/aromatic N) is 3. The molecule has 0 aromatic carbocycles. The molecule has 2 heterocycles. The number of aromatic nitrogens is 4. The van der Waals surface area contributed by atoms with Gasteiger partial charge in [-0.05, 0) is 20.8 Å². The van der Waals surface area contributed by atoms with Crippen LogP contribution in [0.2, 0.25) is 0 Å². The first-order valence-corrected chi connectivity index (χ1v) is 6.57. The van der Waals surface area contributed by atoms with Crippen molar-refractivity contribution in [3.63, 3.8) is 0 Å². The first-order valence-electron chi connectivity index (χ1n) is 6.57. The van der Waals surface area contributed by atoms with Crippen LogP contribution in [0.1, 0.15) is 48.2 Å². The number of aromatic amines is 1. The Bertz CT molecular complexity index is 552. The molecule has 0 atom stereocenters. The van der Waals surface area contributed by atoms with Crippen LogP contribution < -0.4 is 5.32 Å². The Kier molecular flexibility index (Phi) is 3.83. The summed E-state index contributed by atoms with van der Waals surface area (Å²) in [5, 5.41) is 10.5. The van der Waals surface area contributed by atoms with Gasteiger partial charge in [-0.3, -0.25) is 5.10 Å². The summed E-state index contributed by atoms with van der Waals surface area (Å²) in [6, 6.07) is 1.97. The van der Waals surface area contributed by atoms with E-state index in [1.54, 1.807) is 0 Å². The molecular weight excluding hydrogens is 238 g/mol. The number of anilines is 1. The summed E-state index contributed by atoms with van der Waals surface area (Å²) in [5.74, 6) is 2.08. The smallest absolute Gasteiger partial charge is 0.133 e. The van der Waals surface area contributed by atoms with Gasteiger partial charge in [0.2, 0.25) is 0 Å². The average molecular weight is 259 g/mol. The molecule has 0 fully saturated rings. The molecule has 0 aliphatic carbocycles. The molecule has 0 saturated heterocycles. The number of H-pyrrole nitrogens is 1. The normalized spacial score (nSPS) is 11.1. The predicted octanol–water partition coefficient (Wildman–Crippen LogP) is 2.86. The van der Waals surface area contributed by atoms with Gasteiger partial charge in [0.05, 0.1) is 5.69 Å². The number of hydrogen-bond donors (Lipinski definition) is 2. The van der Waals surface area contributed by atoms with Crippen molar-refractivity contribution >= 4 is 5.82 Å². The molecule has 2 aromatic rings. The minimum atomic E-state index is 0.331. The third-order valence-corrected chi connectivity index (χ3v) is 3.11. The summed E-state index contributed by atoms with van der Waals surface area (Å²) in [6.45, 7) is 11.0. The second kappa shape index (κ2) is 5.38. The molecule has 0 saturated carbocycles. The van der Waals surface area contributed by atoms with E-state index in [1.165, 1.54) is 5.56 Å². The van der Waals surface area contributed by atoms with E-state index in [9.17, 15) is 0 Å². The molecule has 102 valence electrons. The van der Waals surface area contributed by atoms with Gasteiger partial charge < -0.3 is 5.32 Å². The van der Waals surface area contributed by atoms with Gasteiger partial charge in [-0.2, -0.15) is 5.10 Å². The van der Waals surface area contributed by atoms with Crippen molar-refractivity contribution in [1.29, 1.82) is 0 Å². The average Bonchev–Trinajstić information content (AvgIpc) is 2.66. The molecule has 0 bridgehead atoms. The van der Waals surface area contributed by atoms with Crippen LogP contribution in [0.15, 0.2) is 6.07 Å². The van der Waals surface area contributed by atoms with E-state index < -0.39 is 0 Å². The second-order valence-electron chi connectivity index (χ2n) is 5.17. The van der Waals surface area contributed by atoms with Crippen LogP contribution in [0.5, 0.6) is 0 Å². The predicted molar refractivity (Wildman–Crippen MR) is 76.2 cm³/mol. The van der Waals surface area contributed by atoms with Crippen LogP contribution in [0.3, 0.4) is 0 Å². The number of aryl methyl sites for hydroxylation is 3. The summed E-state index contributed by atoms with van der Waals surface area (Å²) in [4.78, 5) is 8.98. The first kappa shape index (κ1) is 13.5. The van der Waals surface area contributed by atoms with Gasteiger partial charge in [-0.1, -0.05) is 13.8 Å². The van der Waals surface area contributed by atoms with Crippen LogP contribution in [0, 0.1) is 20.8 Å². The van der Waals surface area contributed by atoms with Crippen molar-refractivity contribution in [3.8, 4) is 0 Å². The fraction of sp³-hybridized carbons (Fsp3) is 0.500. The monoisotopic (exact) mass is 259 g/mol. The quantitative estimate of drug-likeness (QED) is 0.886. The summed E-state index contributed by atoms with van der Waals surface area (Å²) in [6.07, 6.45) is 0. The molecular formula is C14H21N5.